The lowest BCUT2D eigenvalue weighted by atomic mass is 10.1. The molecule has 0 aromatic heterocycles. The van der Waals surface area contributed by atoms with E-state index in [0.717, 1.165) is 36.8 Å². The van der Waals surface area contributed by atoms with Crippen LogP contribution in [0.15, 0.2) is 18.2 Å². The van der Waals surface area contributed by atoms with Crippen molar-refractivity contribution in [1.29, 1.82) is 0 Å². The molecule has 1 aromatic carbocycles. The van der Waals surface area contributed by atoms with E-state index in [-0.39, 0.29) is 0 Å². The van der Waals surface area contributed by atoms with Crippen LogP contribution in [0.25, 0.3) is 0 Å². The van der Waals surface area contributed by atoms with Gasteiger partial charge in [0.05, 0.1) is 0 Å². The molecule has 0 saturated carbocycles. The highest BCUT2D eigenvalue weighted by Crippen LogP contribution is 2.23. The van der Waals surface area contributed by atoms with Gasteiger partial charge >= 0.3 is 0 Å². The number of hydrogen-bond donors (Lipinski definition) is 1. The van der Waals surface area contributed by atoms with Crippen LogP contribution in [0.4, 0.5) is 0 Å². The Kier molecular flexibility index (Phi) is 4.69. The van der Waals surface area contributed by atoms with Crippen LogP contribution < -0.4 is 5.32 Å². The molecule has 1 unspecified atom stereocenters. The SMILES string of the molecule is CC1CCNCCN1Cc1ccc(Cl)cc1Cl. The maximum Gasteiger partial charge on any atom is 0.0465 e. The van der Waals surface area contributed by atoms with E-state index in [1.807, 2.05) is 18.2 Å². The second-order valence-corrected chi connectivity index (χ2v) is 5.44. The normalized spacial score (nSPS) is 22.4. The molecule has 2 rings (SSSR count). The zero-order chi connectivity index (χ0) is 12.3. The van der Waals surface area contributed by atoms with Gasteiger partial charge in [-0.25, -0.2) is 0 Å². The summed E-state index contributed by atoms with van der Waals surface area (Å²) in [6.45, 7) is 6.40. The van der Waals surface area contributed by atoms with Gasteiger partial charge in [0, 0.05) is 35.7 Å². The number of nitrogens with one attached hydrogen (secondary N) is 1. The third kappa shape index (κ3) is 3.59. The van der Waals surface area contributed by atoms with Gasteiger partial charge in [-0.3, -0.25) is 4.90 Å². The van der Waals surface area contributed by atoms with Crippen LogP contribution in [0, 0.1) is 0 Å². The summed E-state index contributed by atoms with van der Waals surface area (Å²) in [6, 6.07) is 6.34. The summed E-state index contributed by atoms with van der Waals surface area (Å²) in [5, 5.41) is 4.89. The summed E-state index contributed by atoms with van der Waals surface area (Å²) in [5.74, 6) is 0. The first kappa shape index (κ1) is 13.2. The topological polar surface area (TPSA) is 15.3 Å². The summed E-state index contributed by atoms with van der Waals surface area (Å²) < 4.78 is 0. The van der Waals surface area contributed by atoms with Crippen LogP contribution in [0.1, 0.15) is 18.9 Å². The summed E-state index contributed by atoms with van der Waals surface area (Å²) in [5.41, 5.74) is 1.16. The number of benzene rings is 1. The third-order valence-electron chi connectivity index (χ3n) is 3.33. The summed E-state index contributed by atoms with van der Waals surface area (Å²) in [4.78, 5) is 2.47. The number of rotatable bonds is 2. The average Bonchev–Trinajstić information content (AvgIpc) is 2.48. The van der Waals surface area contributed by atoms with Crippen molar-refractivity contribution in [3.63, 3.8) is 0 Å². The molecule has 1 atom stereocenters. The first-order chi connectivity index (χ1) is 8.16. The van der Waals surface area contributed by atoms with Crippen LogP contribution in [-0.2, 0) is 6.54 Å². The van der Waals surface area contributed by atoms with Crippen molar-refractivity contribution >= 4 is 23.2 Å². The molecule has 0 amide bonds. The highest BCUT2D eigenvalue weighted by molar-refractivity contribution is 6.35. The van der Waals surface area contributed by atoms with Crippen molar-refractivity contribution in [2.75, 3.05) is 19.6 Å². The largest absolute Gasteiger partial charge is 0.315 e. The van der Waals surface area contributed by atoms with Crippen molar-refractivity contribution in [1.82, 2.24) is 10.2 Å². The molecule has 0 aliphatic carbocycles. The Morgan fingerprint density at radius 3 is 2.94 bits per heavy atom. The molecule has 1 aliphatic rings. The Balaban J connectivity index is 2.08. The predicted molar refractivity (Wildman–Crippen MR) is 73.8 cm³/mol. The summed E-state index contributed by atoms with van der Waals surface area (Å²) in [6.07, 6.45) is 1.19. The molecule has 0 bridgehead atoms. The molecule has 0 spiro atoms. The number of hydrogen-bond acceptors (Lipinski definition) is 2. The molecule has 0 radical (unpaired) electrons. The maximum atomic E-state index is 6.21. The molecule has 1 fully saturated rings. The Labute approximate surface area is 113 Å². The Bertz CT molecular complexity index is 382. The second kappa shape index (κ2) is 6.05. The van der Waals surface area contributed by atoms with Crippen LogP contribution in [0.3, 0.4) is 0 Å². The lowest BCUT2D eigenvalue weighted by Crippen LogP contribution is -2.33. The molecule has 2 nitrogen and oxygen atoms in total. The molecule has 1 N–H and O–H groups in total. The average molecular weight is 273 g/mol. The Hall–Kier alpha value is -0.280. The molecule has 94 valence electrons. The van der Waals surface area contributed by atoms with Gasteiger partial charge in [0.25, 0.3) is 0 Å². The van der Waals surface area contributed by atoms with E-state index in [1.165, 1.54) is 6.42 Å². The molecule has 4 heteroatoms. The van der Waals surface area contributed by atoms with E-state index in [1.54, 1.807) is 0 Å². The van der Waals surface area contributed by atoms with Crippen molar-refractivity contribution < 1.29 is 0 Å². The molecular weight excluding hydrogens is 255 g/mol. The highest BCUT2D eigenvalue weighted by Gasteiger charge is 2.17. The third-order valence-corrected chi connectivity index (χ3v) is 3.91. The van der Waals surface area contributed by atoms with E-state index in [2.05, 4.69) is 17.1 Å². The molecule has 1 aromatic rings. The zero-order valence-electron chi connectivity index (χ0n) is 10.0. The van der Waals surface area contributed by atoms with Gasteiger partial charge in [-0.2, -0.15) is 0 Å². The zero-order valence-corrected chi connectivity index (χ0v) is 11.6. The predicted octanol–water partition coefficient (Wildman–Crippen LogP) is 3.18. The van der Waals surface area contributed by atoms with E-state index in [9.17, 15) is 0 Å². The van der Waals surface area contributed by atoms with Gasteiger partial charge in [-0.15, -0.1) is 0 Å². The lowest BCUT2D eigenvalue weighted by molar-refractivity contribution is 0.211. The van der Waals surface area contributed by atoms with Gasteiger partial charge in [0.15, 0.2) is 0 Å². The standard InChI is InChI=1S/C13H18Cl2N2/c1-10-4-5-16-6-7-17(10)9-11-2-3-12(14)8-13(11)15/h2-3,8,10,16H,4-7,9H2,1H3. The summed E-state index contributed by atoms with van der Waals surface area (Å²) >= 11 is 12.1. The molecule has 1 aliphatic heterocycles. The van der Waals surface area contributed by atoms with Gasteiger partial charge in [0.1, 0.15) is 0 Å². The fraction of sp³-hybridized carbons (Fsp3) is 0.538. The smallest absolute Gasteiger partial charge is 0.0465 e. The lowest BCUT2D eigenvalue weighted by Gasteiger charge is -2.26. The number of halogens is 2. The van der Waals surface area contributed by atoms with E-state index < -0.39 is 0 Å². The van der Waals surface area contributed by atoms with Crippen LogP contribution >= 0.6 is 23.2 Å². The quantitative estimate of drug-likeness (QED) is 0.890. The molecule has 1 heterocycles. The van der Waals surface area contributed by atoms with Crippen molar-refractivity contribution in [2.45, 2.75) is 25.9 Å². The van der Waals surface area contributed by atoms with E-state index in [4.69, 9.17) is 23.2 Å². The van der Waals surface area contributed by atoms with Crippen molar-refractivity contribution in [3.05, 3.63) is 33.8 Å². The highest BCUT2D eigenvalue weighted by atomic mass is 35.5. The van der Waals surface area contributed by atoms with Crippen LogP contribution in [0.2, 0.25) is 10.0 Å². The minimum absolute atomic E-state index is 0.594. The minimum Gasteiger partial charge on any atom is -0.315 e. The maximum absolute atomic E-state index is 6.21. The van der Waals surface area contributed by atoms with Gasteiger partial charge < -0.3 is 5.32 Å². The Morgan fingerprint density at radius 1 is 1.35 bits per heavy atom. The van der Waals surface area contributed by atoms with Gasteiger partial charge in [0.2, 0.25) is 0 Å². The minimum atomic E-state index is 0.594. The van der Waals surface area contributed by atoms with Crippen LogP contribution in [0.5, 0.6) is 0 Å². The first-order valence-electron chi connectivity index (χ1n) is 6.05. The fourth-order valence-corrected chi connectivity index (χ4v) is 2.63. The number of nitrogens with zero attached hydrogens (tertiary/aromatic N) is 1. The van der Waals surface area contributed by atoms with Gasteiger partial charge in [-0.1, -0.05) is 29.3 Å². The van der Waals surface area contributed by atoms with Gasteiger partial charge in [-0.05, 0) is 37.6 Å². The monoisotopic (exact) mass is 272 g/mol. The Morgan fingerprint density at radius 2 is 2.18 bits per heavy atom. The van der Waals surface area contributed by atoms with E-state index in [0.29, 0.717) is 11.1 Å². The summed E-state index contributed by atoms with van der Waals surface area (Å²) in [7, 11) is 0. The second-order valence-electron chi connectivity index (χ2n) is 4.59. The van der Waals surface area contributed by atoms with Crippen LogP contribution in [-0.4, -0.2) is 30.6 Å². The fourth-order valence-electron chi connectivity index (χ4n) is 2.17. The van der Waals surface area contributed by atoms with Crippen molar-refractivity contribution in [2.24, 2.45) is 0 Å². The molecule has 17 heavy (non-hydrogen) atoms. The molecular formula is C13H18Cl2N2. The van der Waals surface area contributed by atoms with E-state index >= 15 is 0 Å². The van der Waals surface area contributed by atoms with Crippen molar-refractivity contribution in [3.8, 4) is 0 Å². The first-order valence-corrected chi connectivity index (χ1v) is 6.81. The molecule has 1 saturated heterocycles.